The topological polar surface area (TPSA) is 70.2 Å². The van der Waals surface area contributed by atoms with Gasteiger partial charge in [0.05, 0.1) is 0 Å². The van der Waals surface area contributed by atoms with Crippen molar-refractivity contribution in [3.63, 3.8) is 0 Å². The Labute approximate surface area is 173 Å². The average Bonchev–Trinajstić information content (AvgIpc) is 2.69. The molecule has 1 atom stereocenters. The standard InChI is InChI=1S/C23H33N5O/c1-17-12-19(13-17)27-21-14-20(25-16-26-21)22(29)24-9-5-10-28-11-7-18-6-3-4-8-23(18,2)15-28/h3-4,6,14,16-17,19H,5,7-13,15H2,1-2H3,(H,24,29)(H,25,26,27)/t17?,19?,23-/m1/s1. The van der Waals surface area contributed by atoms with Crippen molar-refractivity contribution in [3.8, 4) is 0 Å². The first-order valence-electron chi connectivity index (χ1n) is 11.0. The molecular formula is C23H33N5O. The normalized spacial score (nSPS) is 28.8. The third-order valence-electron chi connectivity index (χ3n) is 6.61. The number of hydrogen-bond acceptors (Lipinski definition) is 5. The van der Waals surface area contributed by atoms with Gasteiger partial charge < -0.3 is 15.5 Å². The summed E-state index contributed by atoms with van der Waals surface area (Å²) in [6, 6.07) is 2.23. The maximum Gasteiger partial charge on any atom is 0.270 e. The van der Waals surface area contributed by atoms with Crippen LogP contribution < -0.4 is 10.6 Å². The van der Waals surface area contributed by atoms with Gasteiger partial charge in [-0.05, 0) is 44.6 Å². The predicted molar refractivity (Wildman–Crippen MR) is 116 cm³/mol. The van der Waals surface area contributed by atoms with Gasteiger partial charge in [-0.1, -0.05) is 37.6 Å². The Bertz CT molecular complexity index is 798. The number of fused-ring (bicyclic) bond motifs is 1. The second-order valence-corrected chi connectivity index (χ2v) is 9.23. The van der Waals surface area contributed by atoms with E-state index in [0.717, 1.165) is 63.5 Å². The summed E-state index contributed by atoms with van der Waals surface area (Å²) in [4.78, 5) is 23.4. The van der Waals surface area contributed by atoms with Crippen molar-refractivity contribution in [1.29, 1.82) is 0 Å². The second-order valence-electron chi connectivity index (χ2n) is 9.23. The van der Waals surface area contributed by atoms with Gasteiger partial charge in [-0.25, -0.2) is 9.97 Å². The van der Waals surface area contributed by atoms with Crippen LogP contribution in [0.3, 0.4) is 0 Å². The molecule has 2 N–H and O–H groups in total. The van der Waals surface area contributed by atoms with Crippen molar-refractivity contribution >= 4 is 11.7 Å². The minimum atomic E-state index is -0.120. The van der Waals surface area contributed by atoms with Crippen LogP contribution in [0.5, 0.6) is 0 Å². The summed E-state index contributed by atoms with van der Waals surface area (Å²) < 4.78 is 0. The number of aromatic nitrogens is 2. The molecule has 2 aliphatic carbocycles. The number of carbonyl (C=O) groups excluding carboxylic acids is 1. The van der Waals surface area contributed by atoms with Gasteiger partial charge in [0.1, 0.15) is 17.8 Å². The number of hydrogen-bond donors (Lipinski definition) is 2. The van der Waals surface area contributed by atoms with Crippen LogP contribution in [0.4, 0.5) is 5.82 Å². The highest BCUT2D eigenvalue weighted by atomic mass is 16.1. The minimum Gasteiger partial charge on any atom is -0.367 e. The number of amides is 1. The molecule has 2 fully saturated rings. The zero-order valence-corrected chi connectivity index (χ0v) is 17.7. The Morgan fingerprint density at radius 1 is 1.34 bits per heavy atom. The van der Waals surface area contributed by atoms with E-state index < -0.39 is 0 Å². The fourth-order valence-corrected chi connectivity index (χ4v) is 4.82. The second kappa shape index (κ2) is 8.66. The Morgan fingerprint density at radius 2 is 2.21 bits per heavy atom. The van der Waals surface area contributed by atoms with Crippen LogP contribution in [0.2, 0.25) is 0 Å². The van der Waals surface area contributed by atoms with Gasteiger partial charge in [0, 0.05) is 37.2 Å². The van der Waals surface area contributed by atoms with Crippen molar-refractivity contribution in [2.24, 2.45) is 11.3 Å². The van der Waals surface area contributed by atoms with Crippen LogP contribution in [0.15, 0.2) is 36.2 Å². The monoisotopic (exact) mass is 395 g/mol. The van der Waals surface area contributed by atoms with Gasteiger partial charge in [0.15, 0.2) is 0 Å². The Kier molecular flexibility index (Phi) is 5.99. The molecule has 1 amide bonds. The molecule has 1 aromatic heterocycles. The number of rotatable bonds is 7. The first-order chi connectivity index (χ1) is 14.0. The van der Waals surface area contributed by atoms with E-state index in [4.69, 9.17) is 0 Å². The largest absolute Gasteiger partial charge is 0.367 e. The van der Waals surface area contributed by atoms with E-state index in [9.17, 15) is 4.79 Å². The number of carbonyl (C=O) groups is 1. The molecule has 0 spiro atoms. The fraction of sp³-hybridized carbons (Fsp3) is 0.609. The lowest BCUT2D eigenvalue weighted by atomic mass is 9.72. The predicted octanol–water partition coefficient (Wildman–Crippen LogP) is 3.41. The summed E-state index contributed by atoms with van der Waals surface area (Å²) in [6.07, 6.45) is 13.8. The van der Waals surface area contributed by atoms with E-state index in [2.05, 4.69) is 57.6 Å². The lowest BCUT2D eigenvalue weighted by Crippen LogP contribution is -2.44. The molecule has 6 heteroatoms. The number of piperidine rings is 1. The Hall–Kier alpha value is -2.21. The van der Waals surface area contributed by atoms with Crippen LogP contribution in [-0.4, -0.2) is 53.0 Å². The summed E-state index contributed by atoms with van der Waals surface area (Å²) in [5.41, 5.74) is 2.32. The smallest absolute Gasteiger partial charge is 0.270 e. The van der Waals surface area contributed by atoms with Gasteiger partial charge in [0.25, 0.3) is 5.91 Å². The highest BCUT2D eigenvalue weighted by molar-refractivity contribution is 5.92. The third-order valence-corrected chi connectivity index (χ3v) is 6.61. The maximum atomic E-state index is 12.5. The fourth-order valence-electron chi connectivity index (χ4n) is 4.82. The number of anilines is 1. The molecule has 3 aliphatic rings. The van der Waals surface area contributed by atoms with Crippen molar-refractivity contribution in [3.05, 3.63) is 41.9 Å². The number of likely N-dealkylation sites (tertiary alicyclic amines) is 1. The highest BCUT2D eigenvalue weighted by Crippen LogP contribution is 2.40. The molecule has 1 aromatic rings. The summed E-state index contributed by atoms with van der Waals surface area (Å²) in [6.45, 7) is 8.54. The zero-order valence-electron chi connectivity index (χ0n) is 17.7. The molecule has 6 nitrogen and oxygen atoms in total. The van der Waals surface area contributed by atoms with Crippen molar-refractivity contribution < 1.29 is 4.79 Å². The maximum absolute atomic E-state index is 12.5. The summed E-state index contributed by atoms with van der Waals surface area (Å²) in [5.74, 6) is 1.40. The minimum absolute atomic E-state index is 0.120. The van der Waals surface area contributed by atoms with Crippen molar-refractivity contribution in [1.82, 2.24) is 20.2 Å². The SMILES string of the molecule is CC1CC(Nc2cc(C(=O)NCCCN3CCC4=CC=CC[C@]4(C)C3)ncn2)C1. The van der Waals surface area contributed by atoms with Gasteiger partial charge in [-0.15, -0.1) is 0 Å². The molecule has 1 saturated heterocycles. The first-order valence-corrected chi connectivity index (χ1v) is 11.0. The number of nitrogens with zero attached hydrogens (tertiary/aromatic N) is 3. The van der Waals surface area contributed by atoms with Crippen molar-refractivity contribution in [2.45, 2.75) is 52.0 Å². The first kappa shape index (κ1) is 20.1. The Balaban J connectivity index is 1.19. The molecule has 29 heavy (non-hydrogen) atoms. The molecule has 0 bridgehead atoms. The van der Waals surface area contributed by atoms with E-state index >= 15 is 0 Å². The van der Waals surface area contributed by atoms with Gasteiger partial charge in [0.2, 0.25) is 0 Å². The molecular weight excluding hydrogens is 362 g/mol. The summed E-state index contributed by atoms with van der Waals surface area (Å²) in [7, 11) is 0. The summed E-state index contributed by atoms with van der Waals surface area (Å²) >= 11 is 0. The summed E-state index contributed by atoms with van der Waals surface area (Å²) in [5, 5.41) is 6.41. The van der Waals surface area contributed by atoms with Gasteiger partial charge in [-0.2, -0.15) is 0 Å². The van der Waals surface area contributed by atoms with Crippen LogP contribution in [0, 0.1) is 11.3 Å². The number of nitrogens with one attached hydrogen (secondary N) is 2. The van der Waals surface area contributed by atoms with Crippen LogP contribution in [0.1, 0.15) is 56.4 Å². The molecule has 0 unspecified atom stereocenters. The lowest BCUT2D eigenvalue weighted by Gasteiger charge is -2.43. The van der Waals surface area contributed by atoms with Crippen LogP contribution in [0.25, 0.3) is 0 Å². The molecule has 2 heterocycles. The van der Waals surface area contributed by atoms with E-state index in [-0.39, 0.29) is 5.91 Å². The third kappa shape index (κ3) is 4.86. The Morgan fingerprint density at radius 3 is 3.03 bits per heavy atom. The molecule has 1 saturated carbocycles. The van der Waals surface area contributed by atoms with Gasteiger partial charge >= 0.3 is 0 Å². The lowest BCUT2D eigenvalue weighted by molar-refractivity contribution is 0.0943. The zero-order chi connectivity index (χ0) is 20.3. The van der Waals surface area contributed by atoms with E-state index in [1.165, 1.54) is 6.33 Å². The molecule has 0 radical (unpaired) electrons. The van der Waals surface area contributed by atoms with Crippen molar-refractivity contribution in [2.75, 3.05) is 31.5 Å². The van der Waals surface area contributed by atoms with Crippen LogP contribution in [-0.2, 0) is 0 Å². The molecule has 0 aromatic carbocycles. The quantitative estimate of drug-likeness (QED) is 0.693. The molecule has 1 aliphatic heterocycles. The van der Waals surface area contributed by atoms with E-state index in [1.807, 2.05) is 0 Å². The average molecular weight is 396 g/mol. The number of allylic oxidation sites excluding steroid dienone is 3. The molecule has 4 rings (SSSR count). The highest BCUT2D eigenvalue weighted by Gasteiger charge is 2.34. The van der Waals surface area contributed by atoms with Crippen LogP contribution >= 0.6 is 0 Å². The van der Waals surface area contributed by atoms with Gasteiger partial charge in [-0.3, -0.25) is 4.79 Å². The van der Waals surface area contributed by atoms with E-state index in [0.29, 0.717) is 23.7 Å². The molecule has 156 valence electrons. The van der Waals surface area contributed by atoms with E-state index in [1.54, 1.807) is 11.6 Å².